The summed E-state index contributed by atoms with van der Waals surface area (Å²) in [4.78, 5) is 36.2. The molecular formula is C17H15N5O3S. The van der Waals surface area contributed by atoms with E-state index in [4.69, 9.17) is 4.74 Å². The van der Waals surface area contributed by atoms with Gasteiger partial charge in [-0.1, -0.05) is 0 Å². The third-order valence-corrected chi connectivity index (χ3v) is 3.93. The Morgan fingerprint density at radius 3 is 2.58 bits per heavy atom. The topological polar surface area (TPSA) is 106 Å². The molecule has 3 aromatic rings. The summed E-state index contributed by atoms with van der Waals surface area (Å²) in [7, 11) is 0. The summed E-state index contributed by atoms with van der Waals surface area (Å²) in [5.74, 6) is -0.348. The van der Waals surface area contributed by atoms with E-state index in [1.165, 1.54) is 11.3 Å². The minimum atomic E-state index is -0.399. The third kappa shape index (κ3) is 4.39. The van der Waals surface area contributed by atoms with Crippen LogP contribution in [0, 0.1) is 0 Å². The lowest BCUT2D eigenvalue weighted by atomic mass is 10.2. The molecule has 0 atom stereocenters. The molecule has 2 N–H and O–H groups in total. The van der Waals surface area contributed by atoms with Gasteiger partial charge in [0.1, 0.15) is 5.69 Å². The van der Waals surface area contributed by atoms with Gasteiger partial charge in [0.15, 0.2) is 5.13 Å². The lowest BCUT2D eigenvalue weighted by Crippen LogP contribution is -2.12. The number of ether oxygens (including phenoxy) is 1. The molecule has 1 amide bonds. The summed E-state index contributed by atoms with van der Waals surface area (Å²) in [6.45, 7) is 2.05. The van der Waals surface area contributed by atoms with E-state index in [9.17, 15) is 9.59 Å². The van der Waals surface area contributed by atoms with E-state index >= 15 is 0 Å². The summed E-state index contributed by atoms with van der Waals surface area (Å²) in [6, 6.07) is 8.16. The van der Waals surface area contributed by atoms with Crippen LogP contribution >= 0.6 is 11.3 Å². The molecule has 0 fully saturated rings. The lowest BCUT2D eigenvalue weighted by molar-refractivity contribution is 0.0526. The first-order valence-electron chi connectivity index (χ1n) is 7.74. The Kier molecular flexibility index (Phi) is 5.49. The number of amides is 1. The van der Waals surface area contributed by atoms with Gasteiger partial charge in [-0.25, -0.2) is 19.7 Å². The number of rotatable bonds is 6. The van der Waals surface area contributed by atoms with Gasteiger partial charge in [0, 0.05) is 23.5 Å². The van der Waals surface area contributed by atoms with Crippen LogP contribution in [0.1, 0.15) is 27.8 Å². The average molecular weight is 369 g/mol. The van der Waals surface area contributed by atoms with Crippen molar-refractivity contribution < 1.29 is 14.3 Å². The Balaban J connectivity index is 1.62. The third-order valence-electron chi connectivity index (χ3n) is 3.18. The molecule has 0 saturated heterocycles. The SMILES string of the molecule is CCOC(=O)c1ccc(NC(=O)c2csc(Nc3ncccn3)n2)cc1. The Bertz CT molecular complexity index is 896. The number of esters is 1. The highest BCUT2D eigenvalue weighted by Crippen LogP contribution is 2.19. The van der Waals surface area contributed by atoms with Crippen LogP contribution in [0.15, 0.2) is 48.1 Å². The number of anilines is 3. The fraction of sp³-hybridized carbons (Fsp3) is 0.118. The molecule has 0 aliphatic carbocycles. The molecule has 2 heterocycles. The fourth-order valence-electron chi connectivity index (χ4n) is 1.99. The minimum Gasteiger partial charge on any atom is -0.462 e. The summed E-state index contributed by atoms with van der Waals surface area (Å²) >= 11 is 1.27. The molecule has 0 aliphatic heterocycles. The van der Waals surface area contributed by atoms with Gasteiger partial charge in [-0.3, -0.25) is 4.79 Å². The zero-order valence-corrected chi connectivity index (χ0v) is 14.6. The van der Waals surface area contributed by atoms with E-state index in [0.717, 1.165) is 0 Å². The minimum absolute atomic E-state index is 0.267. The highest BCUT2D eigenvalue weighted by Gasteiger charge is 2.12. The largest absolute Gasteiger partial charge is 0.462 e. The summed E-state index contributed by atoms with van der Waals surface area (Å²) in [6.07, 6.45) is 3.22. The molecule has 0 bridgehead atoms. The van der Waals surface area contributed by atoms with Crippen molar-refractivity contribution in [1.82, 2.24) is 15.0 Å². The summed E-state index contributed by atoms with van der Waals surface area (Å²) in [5.41, 5.74) is 1.24. The number of carbonyl (C=O) groups excluding carboxylic acids is 2. The second kappa shape index (κ2) is 8.17. The quantitative estimate of drug-likeness (QED) is 0.643. The van der Waals surface area contributed by atoms with E-state index in [-0.39, 0.29) is 11.6 Å². The van der Waals surface area contributed by atoms with E-state index in [0.29, 0.717) is 28.9 Å². The highest BCUT2D eigenvalue weighted by molar-refractivity contribution is 7.14. The van der Waals surface area contributed by atoms with Gasteiger partial charge in [-0.2, -0.15) is 0 Å². The van der Waals surface area contributed by atoms with Crippen LogP contribution in [0.2, 0.25) is 0 Å². The maximum absolute atomic E-state index is 12.3. The van der Waals surface area contributed by atoms with Gasteiger partial charge in [-0.05, 0) is 37.3 Å². The van der Waals surface area contributed by atoms with Crippen molar-refractivity contribution in [3.05, 3.63) is 59.4 Å². The van der Waals surface area contributed by atoms with Crippen LogP contribution < -0.4 is 10.6 Å². The molecule has 3 rings (SSSR count). The molecule has 9 heteroatoms. The summed E-state index contributed by atoms with van der Waals surface area (Å²) < 4.78 is 4.92. The van der Waals surface area contributed by atoms with Crippen molar-refractivity contribution >= 4 is 40.0 Å². The number of hydrogen-bond acceptors (Lipinski definition) is 8. The molecule has 132 valence electrons. The Morgan fingerprint density at radius 2 is 1.88 bits per heavy atom. The molecule has 0 saturated carbocycles. The molecule has 26 heavy (non-hydrogen) atoms. The second-order valence-corrected chi connectivity index (χ2v) is 5.85. The monoisotopic (exact) mass is 369 g/mol. The molecule has 0 unspecified atom stereocenters. The Labute approximate surface area is 153 Å². The van der Waals surface area contributed by atoms with Gasteiger partial charge in [0.2, 0.25) is 5.95 Å². The van der Waals surface area contributed by atoms with Crippen molar-refractivity contribution in [3.8, 4) is 0 Å². The smallest absolute Gasteiger partial charge is 0.338 e. The molecule has 0 aliphatic rings. The zero-order valence-electron chi connectivity index (χ0n) is 13.8. The van der Waals surface area contributed by atoms with Crippen molar-refractivity contribution in [2.24, 2.45) is 0 Å². The summed E-state index contributed by atoms with van der Waals surface area (Å²) in [5, 5.41) is 7.80. The molecule has 1 aromatic carbocycles. The highest BCUT2D eigenvalue weighted by atomic mass is 32.1. The van der Waals surface area contributed by atoms with E-state index < -0.39 is 5.97 Å². The van der Waals surface area contributed by atoms with Crippen LogP contribution in [0.5, 0.6) is 0 Å². The fourth-order valence-corrected chi connectivity index (χ4v) is 2.68. The van der Waals surface area contributed by atoms with Crippen LogP contribution in [0.4, 0.5) is 16.8 Å². The van der Waals surface area contributed by atoms with Gasteiger partial charge in [-0.15, -0.1) is 11.3 Å². The number of benzene rings is 1. The van der Waals surface area contributed by atoms with Gasteiger partial charge in [0.05, 0.1) is 12.2 Å². The van der Waals surface area contributed by atoms with Gasteiger partial charge in [0.25, 0.3) is 5.91 Å². The maximum Gasteiger partial charge on any atom is 0.338 e. The molecule has 2 aromatic heterocycles. The van der Waals surface area contributed by atoms with Gasteiger partial charge < -0.3 is 15.4 Å². The molecule has 8 nitrogen and oxygen atoms in total. The predicted molar refractivity (Wildman–Crippen MR) is 97.8 cm³/mol. The van der Waals surface area contributed by atoms with Crippen LogP contribution in [-0.2, 0) is 4.74 Å². The van der Waals surface area contributed by atoms with Crippen LogP contribution in [-0.4, -0.2) is 33.4 Å². The Hall–Kier alpha value is -3.33. The molecular weight excluding hydrogens is 354 g/mol. The lowest BCUT2D eigenvalue weighted by Gasteiger charge is -2.05. The van der Waals surface area contributed by atoms with E-state index in [2.05, 4.69) is 25.6 Å². The van der Waals surface area contributed by atoms with Gasteiger partial charge >= 0.3 is 5.97 Å². The zero-order chi connectivity index (χ0) is 18.4. The van der Waals surface area contributed by atoms with Crippen molar-refractivity contribution in [3.63, 3.8) is 0 Å². The van der Waals surface area contributed by atoms with E-state index in [1.807, 2.05) is 0 Å². The first-order chi connectivity index (χ1) is 12.7. The average Bonchev–Trinajstić information content (AvgIpc) is 3.12. The number of hydrogen-bond donors (Lipinski definition) is 2. The predicted octanol–water partition coefficient (Wildman–Crippen LogP) is 3.11. The number of carbonyl (C=O) groups is 2. The first-order valence-corrected chi connectivity index (χ1v) is 8.62. The molecule has 0 spiro atoms. The number of thiazole rings is 1. The Morgan fingerprint density at radius 1 is 1.15 bits per heavy atom. The standard InChI is InChI=1S/C17H15N5O3S/c1-2-25-15(24)11-4-6-12(7-5-11)20-14(23)13-10-26-17(21-13)22-16-18-8-3-9-19-16/h3-10H,2H2,1H3,(H,20,23)(H,18,19,21,22). The first kappa shape index (κ1) is 17.5. The van der Waals surface area contributed by atoms with Crippen molar-refractivity contribution in [1.29, 1.82) is 0 Å². The normalized spacial score (nSPS) is 10.2. The van der Waals surface area contributed by atoms with Crippen LogP contribution in [0.3, 0.4) is 0 Å². The second-order valence-electron chi connectivity index (χ2n) is 4.99. The van der Waals surface area contributed by atoms with Crippen LogP contribution in [0.25, 0.3) is 0 Å². The number of nitrogens with one attached hydrogen (secondary N) is 2. The molecule has 0 radical (unpaired) electrons. The van der Waals surface area contributed by atoms with Crippen molar-refractivity contribution in [2.45, 2.75) is 6.92 Å². The maximum atomic E-state index is 12.3. The number of nitrogens with zero attached hydrogens (tertiary/aromatic N) is 3. The number of aromatic nitrogens is 3. The van der Waals surface area contributed by atoms with E-state index in [1.54, 1.807) is 55.0 Å². The van der Waals surface area contributed by atoms with Crippen molar-refractivity contribution in [2.75, 3.05) is 17.2 Å².